The predicted molar refractivity (Wildman–Crippen MR) is 74.6 cm³/mol. The number of carbonyl (C=O) groups is 2. The van der Waals surface area contributed by atoms with Crippen LogP contribution in [0.2, 0.25) is 0 Å². The lowest BCUT2D eigenvalue weighted by Crippen LogP contribution is -2.41. The minimum atomic E-state index is -0.629. The first kappa shape index (κ1) is 15.2. The van der Waals surface area contributed by atoms with E-state index >= 15 is 0 Å². The van der Waals surface area contributed by atoms with Gasteiger partial charge in [0.25, 0.3) is 5.91 Å². The number of hydrogen-bond acceptors (Lipinski definition) is 3. The Bertz CT molecular complexity index is 457. The van der Waals surface area contributed by atoms with Gasteiger partial charge in [0.05, 0.1) is 5.56 Å². The third kappa shape index (κ3) is 4.39. The molecule has 4 nitrogen and oxygen atoms in total. The van der Waals surface area contributed by atoms with E-state index in [0.717, 1.165) is 18.3 Å². The van der Waals surface area contributed by atoms with Gasteiger partial charge in [-0.25, -0.2) is 0 Å². The van der Waals surface area contributed by atoms with Gasteiger partial charge in [-0.3, -0.25) is 9.59 Å². The molecule has 19 heavy (non-hydrogen) atoms. The second-order valence-electron chi connectivity index (χ2n) is 4.74. The molecular formula is C15H21NO3. The molecule has 1 amide bonds. The van der Waals surface area contributed by atoms with Crippen LogP contribution in [0.25, 0.3) is 0 Å². The predicted octanol–water partition coefficient (Wildman–Crippen LogP) is 2.49. The Labute approximate surface area is 114 Å². The number of nitrogens with one attached hydrogen (secondary N) is 1. The van der Waals surface area contributed by atoms with Crippen molar-refractivity contribution in [1.82, 2.24) is 5.32 Å². The van der Waals surface area contributed by atoms with Gasteiger partial charge in [0.1, 0.15) is 5.75 Å². The molecule has 4 heteroatoms. The Hall–Kier alpha value is -1.84. The van der Waals surface area contributed by atoms with E-state index in [1.165, 1.54) is 0 Å². The lowest BCUT2D eigenvalue weighted by molar-refractivity contribution is -0.127. The summed E-state index contributed by atoms with van der Waals surface area (Å²) in [6, 6.07) is 5.41. The zero-order valence-electron chi connectivity index (χ0n) is 11.9. The molecule has 0 aliphatic carbocycles. The standard InChI is InChI=1S/C15H21NO3/c1-5-11(3)16-15(18)12(4)19-14-7-6-10(2)8-13(14)9-17/h6-9,11-12H,5H2,1-4H3,(H,16,18). The van der Waals surface area contributed by atoms with Crippen molar-refractivity contribution in [3.8, 4) is 5.75 Å². The Morgan fingerprint density at radius 1 is 1.42 bits per heavy atom. The zero-order chi connectivity index (χ0) is 14.4. The van der Waals surface area contributed by atoms with E-state index in [1.54, 1.807) is 19.1 Å². The van der Waals surface area contributed by atoms with Crippen LogP contribution in [0.3, 0.4) is 0 Å². The average molecular weight is 263 g/mol. The minimum Gasteiger partial charge on any atom is -0.480 e. The summed E-state index contributed by atoms with van der Waals surface area (Å²) in [5.74, 6) is 0.263. The van der Waals surface area contributed by atoms with Gasteiger partial charge in [0, 0.05) is 6.04 Å². The second-order valence-corrected chi connectivity index (χ2v) is 4.74. The van der Waals surface area contributed by atoms with Gasteiger partial charge < -0.3 is 10.1 Å². The normalized spacial score (nSPS) is 13.5. The van der Waals surface area contributed by atoms with Crippen molar-refractivity contribution in [2.75, 3.05) is 0 Å². The van der Waals surface area contributed by atoms with Crippen molar-refractivity contribution in [3.05, 3.63) is 29.3 Å². The summed E-state index contributed by atoms with van der Waals surface area (Å²) in [5, 5.41) is 2.85. The highest BCUT2D eigenvalue weighted by Gasteiger charge is 2.17. The molecule has 0 bridgehead atoms. The maximum Gasteiger partial charge on any atom is 0.260 e. The molecule has 0 saturated carbocycles. The van der Waals surface area contributed by atoms with Crippen molar-refractivity contribution in [2.24, 2.45) is 0 Å². The molecule has 0 aliphatic rings. The van der Waals surface area contributed by atoms with E-state index in [4.69, 9.17) is 4.74 Å². The number of aryl methyl sites for hydroxylation is 1. The summed E-state index contributed by atoms with van der Waals surface area (Å²) < 4.78 is 5.56. The van der Waals surface area contributed by atoms with Gasteiger partial charge in [-0.1, -0.05) is 18.6 Å². The SMILES string of the molecule is CCC(C)NC(=O)C(C)Oc1ccc(C)cc1C=O. The second kappa shape index (κ2) is 6.92. The number of benzene rings is 1. The van der Waals surface area contributed by atoms with Gasteiger partial charge in [-0.05, 0) is 39.3 Å². The molecule has 0 heterocycles. The summed E-state index contributed by atoms with van der Waals surface area (Å²) in [4.78, 5) is 22.8. The zero-order valence-corrected chi connectivity index (χ0v) is 11.9. The molecule has 1 N–H and O–H groups in total. The fourth-order valence-electron chi connectivity index (χ4n) is 1.57. The highest BCUT2D eigenvalue weighted by Crippen LogP contribution is 2.19. The van der Waals surface area contributed by atoms with E-state index in [1.807, 2.05) is 26.8 Å². The van der Waals surface area contributed by atoms with Crippen LogP contribution in [-0.2, 0) is 4.79 Å². The molecule has 0 fully saturated rings. The molecule has 1 aromatic carbocycles. The number of amides is 1. The number of carbonyl (C=O) groups excluding carboxylic acids is 2. The van der Waals surface area contributed by atoms with Crippen molar-refractivity contribution in [3.63, 3.8) is 0 Å². The molecule has 104 valence electrons. The lowest BCUT2D eigenvalue weighted by atomic mass is 10.1. The molecule has 0 saturated heterocycles. The third-order valence-electron chi connectivity index (χ3n) is 2.97. The van der Waals surface area contributed by atoms with E-state index in [2.05, 4.69) is 5.32 Å². The monoisotopic (exact) mass is 263 g/mol. The van der Waals surface area contributed by atoms with Crippen LogP contribution < -0.4 is 10.1 Å². The summed E-state index contributed by atoms with van der Waals surface area (Å²) in [6.45, 7) is 7.51. The van der Waals surface area contributed by atoms with Crippen molar-refractivity contribution >= 4 is 12.2 Å². The van der Waals surface area contributed by atoms with Gasteiger partial charge in [-0.15, -0.1) is 0 Å². The van der Waals surface area contributed by atoms with E-state index in [-0.39, 0.29) is 11.9 Å². The van der Waals surface area contributed by atoms with Crippen LogP contribution in [0.4, 0.5) is 0 Å². The maximum absolute atomic E-state index is 11.9. The topological polar surface area (TPSA) is 55.4 Å². The first-order chi connectivity index (χ1) is 8.97. The van der Waals surface area contributed by atoms with Crippen LogP contribution in [0.15, 0.2) is 18.2 Å². The molecule has 2 atom stereocenters. The van der Waals surface area contributed by atoms with Crippen LogP contribution in [0.1, 0.15) is 43.1 Å². The quantitative estimate of drug-likeness (QED) is 0.802. The first-order valence-corrected chi connectivity index (χ1v) is 6.50. The molecule has 0 aliphatic heterocycles. The minimum absolute atomic E-state index is 0.113. The Morgan fingerprint density at radius 3 is 2.68 bits per heavy atom. The van der Waals surface area contributed by atoms with Gasteiger partial charge in [0.15, 0.2) is 12.4 Å². The number of rotatable bonds is 6. The summed E-state index contributed by atoms with van der Waals surface area (Å²) in [5.41, 5.74) is 1.44. The van der Waals surface area contributed by atoms with Gasteiger partial charge in [0.2, 0.25) is 0 Å². The fraction of sp³-hybridized carbons (Fsp3) is 0.467. The van der Waals surface area contributed by atoms with E-state index < -0.39 is 6.10 Å². The third-order valence-corrected chi connectivity index (χ3v) is 2.97. The van der Waals surface area contributed by atoms with Crippen molar-refractivity contribution < 1.29 is 14.3 Å². The van der Waals surface area contributed by atoms with E-state index in [9.17, 15) is 9.59 Å². The molecule has 1 aromatic rings. The molecular weight excluding hydrogens is 242 g/mol. The summed E-state index contributed by atoms with van der Waals surface area (Å²) in [6.07, 6.45) is 0.972. The van der Waals surface area contributed by atoms with Crippen LogP contribution >= 0.6 is 0 Å². The van der Waals surface area contributed by atoms with Crippen molar-refractivity contribution in [1.29, 1.82) is 0 Å². The fourth-order valence-corrected chi connectivity index (χ4v) is 1.57. The smallest absolute Gasteiger partial charge is 0.260 e. The van der Waals surface area contributed by atoms with E-state index in [0.29, 0.717) is 11.3 Å². The molecule has 0 spiro atoms. The Kier molecular flexibility index (Phi) is 5.55. The Morgan fingerprint density at radius 2 is 2.11 bits per heavy atom. The first-order valence-electron chi connectivity index (χ1n) is 6.50. The average Bonchev–Trinajstić information content (AvgIpc) is 2.40. The Balaban J connectivity index is 2.73. The van der Waals surface area contributed by atoms with Crippen LogP contribution in [-0.4, -0.2) is 24.3 Å². The lowest BCUT2D eigenvalue weighted by Gasteiger charge is -2.18. The van der Waals surface area contributed by atoms with Crippen molar-refractivity contribution in [2.45, 2.75) is 46.3 Å². The van der Waals surface area contributed by atoms with Gasteiger partial charge >= 0.3 is 0 Å². The molecule has 1 rings (SSSR count). The largest absolute Gasteiger partial charge is 0.480 e. The number of hydrogen-bond donors (Lipinski definition) is 1. The summed E-state index contributed by atoms with van der Waals surface area (Å²) >= 11 is 0. The van der Waals surface area contributed by atoms with Crippen LogP contribution in [0, 0.1) is 6.92 Å². The number of ether oxygens (including phenoxy) is 1. The number of aldehydes is 1. The molecule has 0 aromatic heterocycles. The summed E-state index contributed by atoms with van der Waals surface area (Å²) in [7, 11) is 0. The molecule has 0 radical (unpaired) electrons. The van der Waals surface area contributed by atoms with Crippen LogP contribution in [0.5, 0.6) is 5.75 Å². The highest BCUT2D eigenvalue weighted by atomic mass is 16.5. The maximum atomic E-state index is 11.9. The highest BCUT2D eigenvalue weighted by molar-refractivity contribution is 5.82. The molecule has 2 unspecified atom stereocenters. The van der Waals surface area contributed by atoms with Gasteiger partial charge in [-0.2, -0.15) is 0 Å².